The summed E-state index contributed by atoms with van der Waals surface area (Å²) < 4.78 is 15.2. The summed E-state index contributed by atoms with van der Waals surface area (Å²) in [7, 11) is 0.166. The zero-order valence-corrected chi connectivity index (χ0v) is 6.29. The quantitative estimate of drug-likeness (QED) is 0.540. The van der Waals surface area contributed by atoms with E-state index in [1.54, 1.807) is 12.5 Å². The van der Waals surface area contributed by atoms with E-state index < -0.39 is 0 Å². The largest absolute Gasteiger partial charge is 0.472 e. The summed E-state index contributed by atoms with van der Waals surface area (Å²) in [6.45, 7) is 1.23. The molecule has 0 saturated heterocycles. The monoisotopic (exact) mass is 158 g/mol. The highest BCUT2D eigenvalue weighted by molar-refractivity contribution is 7.26. The Labute approximate surface area is 60.3 Å². The summed E-state index contributed by atoms with van der Waals surface area (Å²) in [4.78, 5) is 0. The zero-order valence-electron chi connectivity index (χ0n) is 5.29. The van der Waals surface area contributed by atoms with Crippen LogP contribution in [-0.2, 0) is 22.3 Å². The standard InChI is InChI=1S/C6H7O3P/c1-5-3-8-10-9-4-6(5)2-7-1/h1-2,10H,3-4H2. The molecule has 0 aliphatic carbocycles. The van der Waals surface area contributed by atoms with Gasteiger partial charge < -0.3 is 13.5 Å². The van der Waals surface area contributed by atoms with Crippen molar-refractivity contribution in [3.8, 4) is 0 Å². The van der Waals surface area contributed by atoms with Gasteiger partial charge >= 0.3 is 0 Å². The summed E-state index contributed by atoms with van der Waals surface area (Å²) in [6.07, 6.45) is 3.41. The third kappa shape index (κ3) is 1.08. The van der Waals surface area contributed by atoms with Gasteiger partial charge in [-0.25, -0.2) is 0 Å². The van der Waals surface area contributed by atoms with Crippen molar-refractivity contribution < 1.29 is 13.5 Å². The van der Waals surface area contributed by atoms with Crippen LogP contribution >= 0.6 is 9.03 Å². The second-order valence-corrected chi connectivity index (χ2v) is 2.83. The number of hydrogen-bond donors (Lipinski definition) is 0. The molecule has 0 amide bonds. The van der Waals surface area contributed by atoms with Crippen molar-refractivity contribution in [1.29, 1.82) is 0 Å². The molecule has 0 unspecified atom stereocenters. The van der Waals surface area contributed by atoms with E-state index in [0.717, 1.165) is 11.1 Å². The molecule has 4 heteroatoms. The first-order valence-corrected chi connectivity index (χ1v) is 3.81. The molecule has 0 radical (unpaired) electrons. The van der Waals surface area contributed by atoms with Crippen LogP contribution in [0.4, 0.5) is 0 Å². The van der Waals surface area contributed by atoms with Gasteiger partial charge in [0.25, 0.3) is 0 Å². The fourth-order valence-electron chi connectivity index (χ4n) is 0.859. The third-order valence-corrected chi connectivity index (χ3v) is 1.93. The Kier molecular flexibility index (Phi) is 1.72. The van der Waals surface area contributed by atoms with E-state index >= 15 is 0 Å². The van der Waals surface area contributed by atoms with Crippen LogP contribution in [0.15, 0.2) is 16.9 Å². The molecule has 1 aromatic heterocycles. The lowest BCUT2D eigenvalue weighted by atomic mass is 10.2. The van der Waals surface area contributed by atoms with Gasteiger partial charge in [0.1, 0.15) is 0 Å². The van der Waals surface area contributed by atoms with E-state index in [9.17, 15) is 0 Å². The van der Waals surface area contributed by atoms with Crippen LogP contribution < -0.4 is 0 Å². The maximum absolute atomic E-state index is 5.12. The zero-order chi connectivity index (χ0) is 6.81. The van der Waals surface area contributed by atoms with Crippen LogP contribution in [0.3, 0.4) is 0 Å². The van der Waals surface area contributed by atoms with Crippen molar-refractivity contribution in [3.05, 3.63) is 23.7 Å². The smallest absolute Gasteiger partial charge is 0.155 e. The average Bonchev–Trinajstić information content (AvgIpc) is 2.28. The molecular formula is C6H7O3P. The molecule has 0 N–H and O–H groups in total. The Morgan fingerprint density at radius 1 is 1.10 bits per heavy atom. The van der Waals surface area contributed by atoms with Crippen LogP contribution in [-0.4, -0.2) is 0 Å². The molecule has 10 heavy (non-hydrogen) atoms. The van der Waals surface area contributed by atoms with E-state index in [1.807, 2.05) is 0 Å². The highest BCUT2D eigenvalue weighted by atomic mass is 31.1. The van der Waals surface area contributed by atoms with Crippen molar-refractivity contribution in [2.45, 2.75) is 13.2 Å². The van der Waals surface area contributed by atoms with E-state index in [2.05, 4.69) is 0 Å². The second kappa shape index (κ2) is 2.70. The first-order valence-electron chi connectivity index (χ1n) is 2.99. The highest BCUT2D eigenvalue weighted by Gasteiger charge is 2.09. The molecule has 0 saturated carbocycles. The molecule has 1 aliphatic rings. The predicted octanol–water partition coefficient (Wildman–Crippen LogP) is 1.83. The van der Waals surface area contributed by atoms with Gasteiger partial charge in [-0.3, -0.25) is 0 Å². The topological polar surface area (TPSA) is 31.6 Å². The molecule has 3 nitrogen and oxygen atoms in total. The van der Waals surface area contributed by atoms with E-state index in [0.29, 0.717) is 13.2 Å². The molecule has 0 aromatic carbocycles. The van der Waals surface area contributed by atoms with E-state index in [4.69, 9.17) is 13.5 Å². The van der Waals surface area contributed by atoms with Crippen molar-refractivity contribution in [1.82, 2.24) is 0 Å². The van der Waals surface area contributed by atoms with Crippen molar-refractivity contribution in [3.63, 3.8) is 0 Å². The molecular weight excluding hydrogens is 151 g/mol. The fourth-order valence-corrected chi connectivity index (χ4v) is 1.37. The first kappa shape index (κ1) is 6.35. The molecule has 1 aromatic rings. The molecule has 1 aliphatic heterocycles. The summed E-state index contributed by atoms with van der Waals surface area (Å²) in [5.41, 5.74) is 2.20. The van der Waals surface area contributed by atoms with Gasteiger partial charge in [-0.05, 0) is 0 Å². The number of rotatable bonds is 0. The summed E-state index contributed by atoms with van der Waals surface area (Å²) >= 11 is 0. The van der Waals surface area contributed by atoms with Gasteiger partial charge in [-0.2, -0.15) is 0 Å². The SMILES string of the molecule is c1occ2c1COPOC2. The van der Waals surface area contributed by atoms with Gasteiger partial charge in [0, 0.05) is 11.1 Å². The fraction of sp³-hybridized carbons (Fsp3) is 0.333. The van der Waals surface area contributed by atoms with Crippen molar-refractivity contribution in [2.24, 2.45) is 0 Å². The van der Waals surface area contributed by atoms with Gasteiger partial charge in [0.05, 0.1) is 25.7 Å². The lowest BCUT2D eigenvalue weighted by molar-refractivity contribution is 0.270. The van der Waals surface area contributed by atoms with E-state index in [1.165, 1.54) is 0 Å². The van der Waals surface area contributed by atoms with Crippen LogP contribution in [0.1, 0.15) is 11.1 Å². The Morgan fingerprint density at radius 2 is 1.70 bits per heavy atom. The number of hydrogen-bond acceptors (Lipinski definition) is 3. The molecule has 2 heterocycles. The molecule has 0 bridgehead atoms. The molecule has 54 valence electrons. The van der Waals surface area contributed by atoms with Crippen LogP contribution in [0.5, 0.6) is 0 Å². The van der Waals surface area contributed by atoms with Crippen molar-refractivity contribution in [2.75, 3.05) is 0 Å². The minimum absolute atomic E-state index is 0.166. The normalized spacial score (nSPS) is 18.0. The molecule has 0 spiro atoms. The minimum Gasteiger partial charge on any atom is -0.472 e. The Morgan fingerprint density at radius 3 is 2.30 bits per heavy atom. The Balaban J connectivity index is 2.28. The number of furan rings is 1. The Bertz CT molecular complexity index is 200. The van der Waals surface area contributed by atoms with Gasteiger partial charge in [-0.15, -0.1) is 0 Å². The maximum atomic E-state index is 5.12. The van der Waals surface area contributed by atoms with Crippen LogP contribution in [0.25, 0.3) is 0 Å². The highest BCUT2D eigenvalue weighted by Crippen LogP contribution is 2.26. The summed E-state index contributed by atoms with van der Waals surface area (Å²) in [5.74, 6) is 0. The lowest BCUT2D eigenvalue weighted by Gasteiger charge is -1.93. The van der Waals surface area contributed by atoms with Gasteiger partial charge in [0.15, 0.2) is 9.03 Å². The van der Waals surface area contributed by atoms with Gasteiger partial charge in [0.2, 0.25) is 0 Å². The average molecular weight is 158 g/mol. The third-order valence-electron chi connectivity index (χ3n) is 1.41. The summed E-state index contributed by atoms with van der Waals surface area (Å²) in [6, 6.07) is 0. The van der Waals surface area contributed by atoms with Crippen LogP contribution in [0.2, 0.25) is 0 Å². The Hall–Kier alpha value is -0.370. The molecule has 0 atom stereocenters. The number of fused-ring (bicyclic) bond motifs is 1. The molecule has 2 rings (SSSR count). The maximum Gasteiger partial charge on any atom is 0.155 e. The van der Waals surface area contributed by atoms with E-state index in [-0.39, 0.29) is 9.03 Å². The van der Waals surface area contributed by atoms with Crippen molar-refractivity contribution >= 4 is 9.03 Å². The first-order chi connectivity index (χ1) is 4.97. The van der Waals surface area contributed by atoms with Crippen LogP contribution in [0, 0.1) is 0 Å². The summed E-state index contributed by atoms with van der Waals surface area (Å²) in [5, 5.41) is 0. The molecule has 0 fully saturated rings. The lowest BCUT2D eigenvalue weighted by Crippen LogP contribution is -1.83. The second-order valence-electron chi connectivity index (χ2n) is 2.08. The predicted molar refractivity (Wildman–Crippen MR) is 36.6 cm³/mol. The van der Waals surface area contributed by atoms with Gasteiger partial charge in [-0.1, -0.05) is 0 Å². The minimum atomic E-state index is 0.166.